The molecule has 1 aromatic rings. The summed E-state index contributed by atoms with van der Waals surface area (Å²) in [5, 5.41) is 0. The highest BCUT2D eigenvalue weighted by Crippen LogP contribution is 2.30. The zero-order valence-corrected chi connectivity index (χ0v) is 7.69. The number of anilines is 1. The normalized spacial score (nSPS) is 11.4. The molecule has 1 aromatic heterocycles. The lowest BCUT2D eigenvalue weighted by Gasteiger charge is -2.09. The predicted molar refractivity (Wildman–Crippen MR) is 43.0 cm³/mol. The highest BCUT2D eigenvalue weighted by Gasteiger charge is 2.32. The van der Waals surface area contributed by atoms with Crippen LogP contribution in [-0.4, -0.2) is 11.3 Å². The van der Waals surface area contributed by atoms with Crippen molar-refractivity contribution in [2.24, 2.45) is 0 Å². The summed E-state index contributed by atoms with van der Waals surface area (Å²) in [4.78, 5) is 3.55. The largest absolute Gasteiger partial charge is 0.573 e. The number of nitrogen functional groups attached to an aromatic ring is 1. The van der Waals surface area contributed by atoms with E-state index < -0.39 is 12.1 Å². The van der Waals surface area contributed by atoms with Crippen LogP contribution in [0.15, 0.2) is 16.7 Å². The van der Waals surface area contributed by atoms with E-state index in [1.165, 1.54) is 0 Å². The van der Waals surface area contributed by atoms with Crippen molar-refractivity contribution in [3.8, 4) is 5.75 Å². The van der Waals surface area contributed by atoms with Gasteiger partial charge in [-0.2, -0.15) is 0 Å². The van der Waals surface area contributed by atoms with Crippen LogP contribution in [0.4, 0.5) is 19.0 Å². The summed E-state index contributed by atoms with van der Waals surface area (Å²) in [7, 11) is 0. The number of halogens is 4. The van der Waals surface area contributed by atoms with Gasteiger partial charge in [0.2, 0.25) is 0 Å². The molecule has 0 bridgehead atoms. The van der Waals surface area contributed by atoms with Crippen molar-refractivity contribution >= 4 is 21.7 Å². The number of hydrogen-bond donors (Lipinski definition) is 1. The number of alkyl halides is 3. The number of aromatic nitrogens is 1. The Hall–Kier alpha value is -0.980. The summed E-state index contributed by atoms with van der Waals surface area (Å²) >= 11 is 2.84. The Kier molecular flexibility index (Phi) is 2.65. The van der Waals surface area contributed by atoms with Gasteiger partial charge in [0.05, 0.1) is 4.47 Å². The number of nitrogens with two attached hydrogens (primary N) is 1. The molecule has 0 amide bonds. The van der Waals surface area contributed by atoms with Gasteiger partial charge in [-0.3, -0.25) is 0 Å². The molecule has 2 N–H and O–H groups in total. The van der Waals surface area contributed by atoms with E-state index in [4.69, 9.17) is 5.73 Å². The van der Waals surface area contributed by atoms with Crippen molar-refractivity contribution in [1.82, 2.24) is 4.98 Å². The van der Waals surface area contributed by atoms with E-state index in [1.54, 1.807) is 0 Å². The zero-order chi connectivity index (χ0) is 10.1. The molecule has 0 fully saturated rings. The fourth-order valence-electron chi connectivity index (χ4n) is 0.638. The molecule has 13 heavy (non-hydrogen) atoms. The second kappa shape index (κ2) is 3.41. The minimum Gasteiger partial charge on any atom is -0.404 e. The Morgan fingerprint density at radius 1 is 1.46 bits per heavy atom. The summed E-state index contributed by atoms with van der Waals surface area (Å²) in [5.41, 5.74) is 5.17. The van der Waals surface area contributed by atoms with Crippen molar-refractivity contribution in [3.63, 3.8) is 0 Å². The molecule has 72 valence electrons. The quantitative estimate of drug-likeness (QED) is 0.839. The van der Waals surface area contributed by atoms with Crippen LogP contribution in [0, 0.1) is 0 Å². The van der Waals surface area contributed by atoms with Gasteiger partial charge >= 0.3 is 6.36 Å². The Balaban J connectivity index is 2.94. The van der Waals surface area contributed by atoms with Crippen molar-refractivity contribution in [3.05, 3.63) is 16.7 Å². The molecule has 0 unspecified atom stereocenters. The second-order valence-corrected chi connectivity index (χ2v) is 2.94. The molecule has 0 atom stereocenters. The van der Waals surface area contributed by atoms with E-state index in [0.29, 0.717) is 0 Å². The highest BCUT2D eigenvalue weighted by atomic mass is 79.9. The Bertz CT molecular complexity index is 315. The third kappa shape index (κ3) is 3.10. The van der Waals surface area contributed by atoms with Crippen LogP contribution < -0.4 is 10.5 Å². The van der Waals surface area contributed by atoms with E-state index in [0.717, 1.165) is 12.3 Å². The van der Waals surface area contributed by atoms with Crippen molar-refractivity contribution in [1.29, 1.82) is 0 Å². The lowest BCUT2D eigenvalue weighted by atomic mass is 10.4. The third-order valence-electron chi connectivity index (χ3n) is 1.07. The van der Waals surface area contributed by atoms with Crippen molar-refractivity contribution < 1.29 is 17.9 Å². The average Bonchev–Trinajstić information content (AvgIpc) is 1.94. The molecule has 0 saturated carbocycles. The smallest absolute Gasteiger partial charge is 0.404 e. The number of rotatable bonds is 1. The molecule has 0 spiro atoms. The molecule has 0 aromatic carbocycles. The first-order valence-electron chi connectivity index (χ1n) is 3.05. The van der Waals surface area contributed by atoms with Crippen molar-refractivity contribution in [2.45, 2.75) is 6.36 Å². The first-order chi connectivity index (χ1) is 5.88. The molecule has 0 radical (unpaired) electrons. The van der Waals surface area contributed by atoms with Gasteiger partial charge in [-0.25, -0.2) is 4.98 Å². The van der Waals surface area contributed by atoms with Gasteiger partial charge in [-0.15, -0.1) is 13.2 Å². The number of pyridine rings is 1. The number of ether oxygens (including phenoxy) is 1. The summed E-state index contributed by atoms with van der Waals surface area (Å²) < 4.78 is 39.0. The van der Waals surface area contributed by atoms with Crippen LogP contribution in [0.5, 0.6) is 5.75 Å². The van der Waals surface area contributed by atoms with E-state index in [9.17, 15) is 13.2 Å². The van der Waals surface area contributed by atoms with Gasteiger partial charge in [0.25, 0.3) is 0 Å². The summed E-state index contributed by atoms with van der Waals surface area (Å²) in [6.07, 6.45) is -3.59. The van der Waals surface area contributed by atoms with Crippen molar-refractivity contribution in [2.75, 3.05) is 5.73 Å². The van der Waals surface area contributed by atoms with Crippen LogP contribution >= 0.6 is 15.9 Å². The van der Waals surface area contributed by atoms with E-state index in [-0.39, 0.29) is 10.3 Å². The Labute approximate surface area is 79.8 Å². The molecular formula is C6H4BrF3N2O. The molecule has 3 nitrogen and oxygen atoms in total. The van der Waals surface area contributed by atoms with Crippen LogP contribution in [0.3, 0.4) is 0 Å². The second-order valence-electron chi connectivity index (χ2n) is 2.09. The summed E-state index contributed by atoms with van der Waals surface area (Å²) in [5.74, 6) is -0.442. The minimum absolute atomic E-state index is 0.0394. The predicted octanol–water partition coefficient (Wildman–Crippen LogP) is 2.32. The van der Waals surface area contributed by atoms with Crippen LogP contribution in [0.25, 0.3) is 0 Å². The Morgan fingerprint density at radius 2 is 2.08 bits per heavy atom. The average molecular weight is 257 g/mol. The third-order valence-corrected chi connectivity index (χ3v) is 1.66. The van der Waals surface area contributed by atoms with Gasteiger partial charge in [-0.05, 0) is 15.9 Å². The van der Waals surface area contributed by atoms with E-state index >= 15 is 0 Å². The lowest BCUT2D eigenvalue weighted by Crippen LogP contribution is -2.17. The van der Waals surface area contributed by atoms with Crippen LogP contribution in [0.1, 0.15) is 0 Å². The van der Waals surface area contributed by atoms with Crippen LogP contribution in [-0.2, 0) is 0 Å². The molecule has 0 aliphatic carbocycles. The highest BCUT2D eigenvalue weighted by molar-refractivity contribution is 9.10. The molecule has 0 saturated heterocycles. The zero-order valence-electron chi connectivity index (χ0n) is 6.10. The topological polar surface area (TPSA) is 48.1 Å². The maximum absolute atomic E-state index is 11.7. The SMILES string of the molecule is Nc1cc(OC(F)(F)F)c(Br)cn1. The molecule has 1 heterocycles. The first-order valence-corrected chi connectivity index (χ1v) is 3.84. The Morgan fingerprint density at radius 3 is 2.62 bits per heavy atom. The van der Waals surface area contributed by atoms with Gasteiger partial charge in [-0.1, -0.05) is 0 Å². The number of hydrogen-bond acceptors (Lipinski definition) is 3. The first kappa shape index (κ1) is 10.1. The maximum Gasteiger partial charge on any atom is 0.573 e. The molecule has 7 heteroatoms. The fourth-order valence-corrected chi connectivity index (χ4v) is 0.936. The fraction of sp³-hybridized carbons (Fsp3) is 0.167. The monoisotopic (exact) mass is 256 g/mol. The van der Waals surface area contributed by atoms with Gasteiger partial charge in [0.15, 0.2) is 0 Å². The van der Waals surface area contributed by atoms with Gasteiger partial charge < -0.3 is 10.5 Å². The molecule has 0 aliphatic heterocycles. The van der Waals surface area contributed by atoms with Gasteiger partial charge in [0, 0.05) is 12.3 Å². The van der Waals surface area contributed by atoms with E-state index in [2.05, 4.69) is 25.7 Å². The number of nitrogens with zero attached hydrogens (tertiary/aromatic N) is 1. The minimum atomic E-state index is -4.73. The summed E-state index contributed by atoms with van der Waals surface area (Å²) in [6.45, 7) is 0. The summed E-state index contributed by atoms with van der Waals surface area (Å²) in [6, 6.07) is 0.984. The standard InChI is InChI=1S/C6H4BrF3N2O/c7-3-2-12-5(11)1-4(3)13-6(8,9)10/h1-2H,(H2,11,12). The molecule has 1 rings (SSSR count). The van der Waals surface area contributed by atoms with Crippen LogP contribution in [0.2, 0.25) is 0 Å². The van der Waals surface area contributed by atoms with Gasteiger partial charge in [0.1, 0.15) is 11.6 Å². The molecular weight excluding hydrogens is 253 g/mol. The lowest BCUT2D eigenvalue weighted by molar-refractivity contribution is -0.274. The van der Waals surface area contributed by atoms with E-state index in [1.807, 2.05) is 0 Å². The maximum atomic E-state index is 11.7. The molecule has 0 aliphatic rings.